The topological polar surface area (TPSA) is 75.0 Å². The Kier molecular flexibility index (Phi) is 3.29. The van der Waals surface area contributed by atoms with Gasteiger partial charge in [-0.25, -0.2) is 4.79 Å². The molecule has 124 valence electrons. The SMILES string of the molecule is COc1cc2c(c3oc(=O)c4c(c13)CCC4=O)[C@@H]1C=CO[C@@H]1O2.[AsH3]. The second-order valence-corrected chi connectivity index (χ2v) is 5.84. The molecule has 3 heterocycles. The van der Waals surface area contributed by atoms with Gasteiger partial charge in [-0.3, -0.25) is 4.79 Å². The fourth-order valence-corrected chi connectivity index (χ4v) is 3.72. The van der Waals surface area contributed by atoms with Crippen molar-refractivity contribution in [2.24, 2.45) is 0 Å². The first kappa shape index (κ1) is 15.3. The van der Waals surface area contributed by atoms with Crippen LogP contribution in [0.4, 0.5) is 0 Å². The number of hydrogen-bond donors (Lipinski definition) is 0. The molecule has 1 aliphatic carbocycles. The number of methoxy groups -OCH3 is 1. The third-order valence-corrected chi connectivity index (χ3v) is 4.72. The van der Waals surface area contributed by atoms with E-state index in [1.807, 2.05) is 6.08 Å². The predicted molar refractivity (Wildman–Crippen MR) is 89.0 cm³/mol. The van der Waals surface area contributed by atoms with Crippen LogP contribution in [0.3, 0.4) is 0 Å². The Bertz CT molecular complexity index is 973. The molecular weight excluding hydrogens is 375 g/mol. The van der Waals surface area contributed by atoms with E-state index >= 15 is 0 Å². The van der Waals surface area contributed by atoms with Gasteiger partial charge in [0.2, 0.25) is 0 Å². The summed E-state index contributed by atoms with van der Waals surface area (Å²) in [4.78, 5) is 24.3. The number of aryl methyl sites for hydroxylation is 1. The van der Waals surface area contributed by atoms with Crippen molar-refractivity contribution in [1.29, 1.82) is 0 Å². The first-order chi connectivity index (χ1) is 11.2. The van der Waals surface area contributed by atoms with Crippen molar-refractivity contribution in [3.05, 3.63) is 45.5 Å². The van der Waals surface area contributed by atoms with Gasteiger partial charge in [0.1, 0.15) is 22.6 Å². The molecule has 2 aliphatic heterocycles. The fourth-order valence-electron chi connectivity index (χ4n) is 3.72. The van der Waals surface area contributed by atoms with Crippen molar-refractivity contribution in [3.8, 4) is 11.5 Å². The molecule has 0 spiro atoms. The minimum absolute atomic E-state index is 0. The number of ether oxygens (including phenoxy) is 3. The summed E-state index contributed by atoms with van der Waals surface area (Å²) in [5.41, 5.74) is 1.49. The van der Waals surface area contributed by atoms with Crippen LogP contribution >= 0.6 is 0 Å². The van der Waals surface area contributed by atoms with Crippen LogP contribution in [0.15, 0.2) is 27.6 Å². The number of ketones is 1. The monoisotopic (exact) mass is 390 g/mol. The Balaban J connectivity index is 0.00000146. The van der Waals surface area contributed by atoms with Crippen molar-refractivity contribution in [2.75, 3.05) is 7.11 Å². The molecule has 1 unspecified atom stereocenters. The van der Waals surface area contributed by atoms with Crippen molar-refractivity contribution < 1.29 is 23.4 Å². The zero-order chi connectivity index (χ0) is 15.7. The van der Waals surface area contributed by atoms with E-state index in [0.717, 1.165) is 5.56 Å². The fraction of sp³-hybridized carbons (Fsp3) is 0.294. The molecule has 3 atom stereocenters. The van der Waals surface area contributed by atoms with Gasteiger partial charge in [-0.15, -0.1) is 0 Å². The predicted octanol–water partition coefficient (Wildman–Crippen LogP) is 1.09. The van der Waals surface area contributed by atoms with Crippen LogP contribution in [-0.2, 0) is 11.2 Å². The Morgan fingerprint density at radius 2 is 2.08 bits per heavy atom. The van der Waals surface area contributed by atoms with Crippen LogP contribution in [0.5, 0.6) is 11.5 Å². The van der Waals surface area contributed by atoms with Crippen molar-refractivity contribution in [2.45, 2.75) is 25.0 Å². The molecule has 0 saturated carbocycles. The molecule has 1 aromatic heterocycles. The maximum atomic E-state index is 12.3. The molecular formula is C17H15AsO6. The van der Waals surface area contributed by atoms with Gasteiger partial charge in [-0.1, -0.05) is 0 Å². The number of fused-ring (bicyclic) bond motifs is 7. The van der Waals surface area contributed by atoms with Gasteiger partial charge in [-0.05, 0) is 18.1 Å². The second-order valence-electron chi connectivity index (χ2n) is 5.84. The van der Waals surface area contributed by atoms with Crippen molar-refractivity contribution >= 4 is 34.7 Å². The van der Waals surface area contributed by atoms with Gasteiger partial charge in [0, 0.05) is 12.5 Å². The zero-order valence-corrected chi connectivity index (χ0v) is 15.9. The summed E-state index contributed by atoms with van der Waals surface area (Å²) < 4.78 is 22.2. The number of rotatable bonds is 1. The van der Waals surface area contributed by atoms with E-state index in [1.54, 1.807) is 19.4 Å². The molecule has 0 fully saturated rings. The average Bonchev–Trinajstić information content (AvgIpc) is 3.20. The van der Waals surface area contributed by atoms with E-state index in [1.165, 1.54) is 0 Å². The quantitative estimate of drug-likeness (QED) is 0.536. The van der Waals surface area contributed by atoms with Gasteiger partial charge in [0.15, 0.2) is 5.78 Å². The Morgan fingerprint density at radius 3 is 2.88 bits per heavy atom. The molecule has 3 aliphatic rings. The molecule has 5 rings (SSSR count). The molecule has 7 heteroatoms. The summed E-state index contributed by atoms with van der Waals surface area (Å²) >= 11 is 0. The van der Waals surface area contributed by atoms with Gasteiger partial charge >= 0.3 is 23.6 Å². The van der Waals surface area contributed by atoms with Crippen LogP contribution in [0.25, 0.3) is 11.0 Å². The number of Topliss-reactive ketones (excluding diaryl/α,β-unsaturated/α-hetero) is 1. The number of carbonyl (C=O) groups is 1. The second kappa shape index (κ2) is 5.15. The molecule has 24 heavy (non-hydrogen) atoms. The molecule has 6 nitrogen and oxygen atoms in total. The van der Waals surface area contributed by atoms with Crippen LogP contribution < -0.4 is 15.1 Å². The first-order valence-electron chi connectivity index (χ1n) is 7.41. The Morgan fingerprint density at radius 1 is 1.25 bits per heavy atom. The summed E-state index contributed by atoms with van der Waals surface area (Å²) in [6.07, 6.45) is 3.86. The van der Waals surface area contributed by atoms with E-state index < -0.39 is 11.9 Å². The van der Waals surface area contributed by atoms with Gasteiger partial charge in [0.25, 0.3) is 6.29 Å². The molecule has 0 bridgehead atoms. The molecule has 0 saturated heterocycles. The van der Waals surface area contributed by atoms with Gasteiger partial charge < -0.3 is 18.6 Å². The normalized spacial score (nSPS) is 22.5. The van der Waals surface area contributed by atoms with Gasteiger partial charge in [0.05, 0.1) is 30.2 Å². The minimum atomic E-state index is -0.586. The van der Waals surface area contributed by atoms with E-state index in [4.69, 9.17) is 18.6 Å². The van der Waals surface area contributed by atoms with Gasteiger partial charge in [-0.2, -0.15) is 0 Å². The number of carbonyl (C=O) groups excluding carboxylic acids is 1. The summed E-state index contributed by atoms with van der Waals surface area (Å²) in [5.74, 6) is 0.826. The van der Waals surface area contributed by atoms with Crippen LogP contribution in [-0.4, -0.2) is 37.1 Å². The molecule has 2 aromatic rings. The Hall–Kier alpha value is -2.20. The summed E-state index contributed by atoms with van der Waals surface area (Å²) in [7, 11) is 1.54. The van der Waals surface area contributed by atoms with E-state index in [0.29, 0.717) is 40.9 Å². The first-order valence-corrected chi connectivity index (χ1v) is 7.41. The number of benzene rings is 1. The summed E-state index contributed by atoms with van der Waals surface area (Å²) in [6.45, 7) is 0. The Labute approximate surface area is 147 Å². The molecule has 1 aromatic carbocycles. The molecule has 0 N–H and O–H groups in total. The summed E-state index contributed by atoms with van der Waals surface area (Å²) in [6, 6.07) is 1.77. The average molecular weight is 390 g/mol. The third-order valence-electron chi connectivity index (χ3n) is 4.72. The zero-order valence-electron chi connectivity index (χ0n) is 13.0. The van der Waals surface area contributed by atoms with Crippen LogP contribution in [0.2, 0.25) is 0 Å². The molecule has 0 amide bonds. The van der Waals surface area contributed by atoms with Crippen molar-refractivity contribution in [3.63, 3.8) is 0 Å². The van der Waals surface area contributed by atoms with Crippen LogP contribution in [0.1, 0.15) is 33.8 Å². The molecule has 0 radical (unpaired) electrons. The summed E-state index contributed by atoms with van der Waals surface area (Å²) in [5, 5.41) is 0.691. The number of hydrogen-bond acceptors (Lipinski definition) is 6. The van der Waals surface area contributed by atoms with E-state index in [-0.39, 0.29) is 35.2 Å². The standard InChI is InChI=1S/C17H12O6.AsH3/c1-20-10-6-11-14(8-4-5-21-17(8)22-11)15-13(10)7-2-3-9(18)12(7)16(19)23-15;/h4-6,8,17H,2-3H2,1H3;1H3/t8-,17+;/m0./s1. The third kappa shape index (κ3) is 1.77. The maximum absolute atomic E-state index is 12.3. The van der Waals surface area contributed by atoms with Crippen molar-refractivity contribution in [1.82, 2.24) is 0 Å². The van der Waals surface area contributed by atoms with E-state index in [2.05, 4.69) is 0 Å². The van der Waals surface area contributed by atoms with E-state index in [9.17, 15) is 9.59 Å². The van der Waals surface area contributed by atoms with Crippen LogP contribution in [0, 0.1) is 0 Å².